The number of halogens is 1. The maximum Gasteiger partial charge on any atom is 0.250 e. The Labute approximate surface area is 221 Å². The van der Waals surface area contributed by atoms with E-state index in [-0.39, 0.29) is 30.9 Å². The molecule has 2 heterocycles. The van der Waals surface area contributed by atoms with Crippen molar-refractivity contribution in [2.75, 3.05) is 36.5 Å². The van der Waals surface area contributed by atoms with Crippen molar-refractivity contribution < 1.29 is 18.8 Å². The predicted molar refractivity (Wildman–Crippen MR) is 145 cm³/mol. The normalized spacial score (nSPS) is 16.9. The van der Waals surface area contributed by atoms with Gasteiger partial charge < -0.3 is 20.0 Å². The number of amides is 3. The molecular weight excluding hydrogens is 483 g/mol. The van der Waals surface area contributed by atoms with Crippen molar-refractivity contribution in [2.24, 2.45) is 0 Å². The number of nitrogens with zero attached hydrogens (tertiary/aromatic N) is 3. The van der Waals surface area contributed by atoms with Gasteiger partial charge in [-0.3, -0.25) is 14.4 Å². The van der Waals surface area contributed by atoms with Gasteiger partial charge in [-0.1, -0.05) is 48.5 Å². The van der Waals surface area contributed by atoms with Crippen molar-refractivity contribution in [1.29, 1.82) is 0 Å². The highest BCUT2D eigenvalue weighted by Gasteiger charge is 2.54. The molecule has 0 bridgehead atoms. The molecular formula is C30H29FN4O3. The van der Waals surface area contributed by atoms with E-state index in [0.717, 1.165) is 11.3 Å². The van der Waals surface area contributed by atoms with Crippen LogP contribution in [-0.4, -0.2) is 59.4 Å². The average Bonchev–Trinajstić information content (AvgIpc) is 3.20. The molecule has 2 saturated heterocycles. The number of hydrogen-bond acceptors (Lipinski definition) is 4. The molecule has 8 heteroatoms. The lowest BCUT2D eigenvalue weighted by molar-refractivity contribution is -0.138. The highest BCUT2D eigenvalue weighted by Crippen LogP contribution is 2.39. The van der Waals surface area contributed by atoms with Gasteiger partial charge in [0, 0.05) is 30.5 Å². The summed E-state index contributed by atoms with van der Waals surface area (Å²) in [5.74, 6) is -0.953. The molecule has 0 radical (unpaired) electrons. The second kappa shape index (κ2) is 10.9. The zero-order chi connectivity index (χ0) is 26.5. The molecule has 0 aliphatic carbocycles. The fraction of sp³-hybridized carbons (Fsp3) is 0.233. The summed E-state index contributed by atoms with van der Waals surface area (Å²) in [4.78, 5) is 44.8. The molecule has 0 atom stereocenters. The van der Waals surface area contributed by atoms with Crippen LogP contribution in [0.25, 0.3) is 6.08 Å². The van der Waals surface area contributed by atoms with Crippen molar-refractivity contribution in [3.8, 4) is 0 Å². The number of nitrogens with one attached hydrogen (secondary N) is 1. The Kier molecular flexibility index (Phi) is 7.22. The van der Waals surface area contributed by atoms with Crippen LogP contribution in [0, 0.1) is 5.82 Å². The van der Waals surface area contributed by atoms with Gasteiger partial charge >= 0.3 is 0 Å². The van der Waals surface area contributed by atoms with Gasteiger partial charge in [-0.2, -0.15) is 0 Å². The van der Waals surface area contributed by atoms with Crippen molar-refractivity contribution in [2.45, 2.75) is 18.4 Å². The van der Waals surface area contributed by atoms with Crippen LogP contribution in [0.2, 0.25) is 0 Å². The van der Waals surface area contributed by atoms with Gasteiger partial charge in [0.15, 0.2) is 0 Å². The van der Waals surface area contributed by atoms with E-state index in [4.69, 9.17) is 0 Å². The third-order valence-corrected chi connectivity index (χ3v) is 7.16. The lowest BCUT2D eigenvalue weighted by Gasteiger charge is -2.43. The Morgan fingerprint density at radius 2 is 1.53 bits per heavy atom. The number of hydrogen-bond donors (Lipinski definition) is 1. The molecule has 2 fully saturated rings. The molecule has 0 unspecified atom stereocenters. The summed E-state index contributed by atoms with van der Waals surface area (Å²) >= 11 is 0. The molecule has 1 spiro atoms. The van der Waals surface area contributed by atoms with E-state index in [1.165, 1.54) is 24.3 Å². The summed E-state index contributed by atoms with van der Waals surface area (Å²) in [6.07, 6.45) is 4.29. The number of para-hydroxylation sites is 1. The summed E-state index contributed by atoms with van der Waals surface area (Å²) in [5.41, 5.74) is 1.47. The van der Waals surface area contributed by atoms with Gasteiger partial charge in [-0.05, 0) is 60.9 Å². The zero-order valence-electron chi connectivity index (χ0n) is 20.9. The van der Waals surface area contributed by atoms with Crippen molar-refractivity contribution >= 4 is 35.2 Å². The van der Waals surface area contributed by atoms with Gasteiger partial charge in [0.05, 0.1) is 6.67 Å². The first kappa shape index (κ1) is 25.2. The number of rotatable bonds is 6. The molecule has 0 saturated carbocycles. The van der Waals surface area contributed by atoms with E-state index < -0.39 is 11.4 Å². The van der Waals surface area contributed by atoms with Gasteiger partial charge in [0.2, 0.25) is 11.8 Å². The smallest absolute Gasteiger partial charge is 0.250 e. The first-order valence-electron chi connectivity index (χ1n) is 12.6. The van der Waals surface area contributed by atoms with E-state index in [1.807, 2.05) is 60.7 Å². The van der Waals surface area contributed by atoms with Crippen LogP contribution in [-0.2, 0) is 14.4 Å². The van der Waals surface area contributed by atoms with Gasteiger partial charge in [0.1, 0.15) is 17.9 Å². The SMILES string of the molecule is O=C(CN1CN(c2ccccc2)C2(CCN(C(=O)/C=C/c3ccccc3)CC2)C1=O)Nc1ccc(F)cc1. The number of benzene rings is 3. The third kappa shape index (κ3) is 5.29. The van der Waals surface area contributed by atoms with Crippen LogP contribution < -0.4 is 10.2 Å². The Morgan fingerprint density at radius 1 is 0.895 bits per heavy atom. The largest absolute Gasteiger partial charge is 0.339 e. The van der Waals surface area contributed by atoms with E-state index >= 15 is 0 Å². The fourth-order valence-corrected chi connectivity index (χ4v) is 5.16. The molecule has 3 aromatic carbocycles. The van der Waals surface area contributed by atoms with Crippen molar-refractivity contribution in [3.05, 3.63) is 102 Å². The van der Waals surface area contributed by atoms with E-state index in [0.29, 0.717) is 31.6 Å². The lowest BCUT2D eigenvalue weighted by atomic mass is 9.85. The van der Waals surface area contributed by atoms with E-state index in [9.17, 15) is 18.8 Å². The molecule has 194 valence electrons. The Hall–Kier alpha value is -4.46. The van der Waals surface area contributed by atoms with Crippen LogP contribution in [0.3, 0.4) is 0 Å². The molecule has 2 aliphatic rings. The fourth-order valence-electron chi connectivity index (χ4n) is 5.16. The van der Waals surface area contributed by atoms with E-state index in [2.05, 4.69) is 10.2 Å². The topological polar surface area (TPSA) is 73.0 Å². The number of carbonyl (C=O) groups is 3. The highest BCUT2D eigenvalue weighted by molar-refractivity contribution is 5.99. The summed E-state index contributed by atoms with van der Waals surface area (Å²) in [5, 5.41) is 2.73. The maximum absolute atomic E-state index is 13.8. The maximum atomic E-state index is 13.8. The summed E-state index contributed by atoms with van der Waals surface area (Å²) in [6, 6.07) is 24.8. The minimum Gasteiger partial charge on any atom is -0.339 e. The number of carbonyl (C=O) groups excluding carboxylic acids is 3. The van der Waals surface area contributed by atoms with Crippen molar-refractivity contribution in [3.63, 3.8) is 0 Å². The van der Waals surface area contributed by atoms with Crippen LogP contribution in [0.5, 0.6) is 0 Å². The van der Waals surface area contributed by atoms with Crippen LogP contribution in [0.1, 0.15) is 18.4 Å². The molecule has 3 aromatic rings. The minimum atomic E-state index is -0.836. The quantitative estimate of drug-likeness (QED) is 0.504. The molecule has 0 aromatic heterocycles. The lowest BCUT2D eigenvalue weighted by Crippen LogP contribution is -2.57. The van der Waals surface area contributed by atoms with Crippen LogP contribution >= 0.6 is 0 Å². The number of anilines is 2. The highest BCUT2D eigenvalue weighted by atomic mass is 19.1. The molecule has 2 aliphatic heterocycles. The van der Waals surface area contributed by atoms with Gasteiger partial charge in [-0.25, -0.2) is 4.39 Å². The number of likely N-dealkylation sites (tertiary alicyclic amines) is 1. The second-order valence-electron chi connectivity index (χ2n) is 9.56. The summed E-state index contributed by atoms with van der Waals surface area (Å²) in [7, 11) is 0. The predicted octanol–water partition coefficient (Wildman–Crippen LogP) is 4.15. The Bertz CT molecular complexity index is 1320. The Balaban J connectivity index is 1.30. The van der Waals surface area contributed by atoms with E-state index in [1.54, 1.807) is 22.0 Å². The summed E-state index contributed by atoms with van der Waals surface area (Å²) in [6.45, 7) is 1.01. The third-order valence-electron chi connectivity index (χ3n) is 7.16. The van der Waals surface area contributed by atoms with Gasteiger partial charge in [0.25, 0.3) is 5.91 Å². The molecule has 3 amide bonds. The molecule has 38 heavy (non-hydrogen) atoms. The van der Waals surface area contributed by atoms with Crippen molar-refractivity contribution in [1.82, 2.24) is 9.80 Å². The molecule has 1 N–H and O–H groups in total. The first-order valence-corrected chi connectivity index (χ1v) is 12.6. The summed E-state index contributed by atoms with van der Waals surface area (Å²) < 4.78 is 13.2. The van der Waals surface area contributed by atoms with Gasteiger partial charge in [-0.15, -0.1) is 0 Å². The standard InChI is InChI=1S/C30H29FN4O3/c31-24-12-14-25(15-13-24)32-27(36)21-34-22-35(26-9-5-2-6-10-26)30(29(34)38)17-19-33(20-18-30)28(37)16-11-23-7-3-1-4-8-23/h1-16H,17-22H2,(H,32,36)/b16-11+. The van der Waals surface area contributed by atoms with Crippen LogP contribution in [0.4, 0.5) is 15.8 Å². The first-order chi connectivity index (χ1) is 18.4. The second-order valence-corrected chi connectivity index (χ2v) is 9.56. The minimum absolute atomic E-state index is 0.0871. The monoisotopic (exact) mass is 512 g/mol. The zero-order valence-corrected chi connectivity index (χ0v) is 20.9. The average molecular weight is 513 g/mol. The van der Waals surface area contributed by atoms with Crippen LogP contribution in [0.15, 0.2) is 91.0 Å². The number of piperidine rings is 1. The molecule has 7 nitrogen and oxygen atoms in total. The Morgan fingerprint density at radius 3 is 2.18 bits per heavy atom. The molecule has 5 rings (SSSR count).